The minimum atomic E-state index is -1.54. The molecule has 0 aromatic carbocycles. The van der Waals surface area contributed by atoms with Crippen LogP contribution in [0.5, 0.6) is 0 Å². The number of aliphatic hydroxyl groups excluding tert-OH is 4. The number of carbonyl (C=O) groups excluding carboxylic acids is 1. The van der Waals surface area contributed by atoms with Gasteiger partial charge in [-0.15, -0.1) is 0 Å². The number of esters is 1. The summed E-state index contributed by atoms with van der Waals surface area (Å²) in [5, 5.41) is 39.9. The summed E-state index contributed by atoms with van der Waals surface area (Å²) in [6, 6.07) is 0. The fourth-order valence-electron chi connectivity index (χ4n) is 5.45. The molecule has 9 nitrogen and oxygen atoms in total. The van der Waals surface area contributed by atoms with Gasteiger partial charge in [-0.3, -0.25) is 4.79 Å². The molecule has 0 aromatic rings. The summed E-state index contributed by atoms with van der Waals surface area (Å²) >= 11 is 0. The van der Waals surface area contributed by atoms with Gasteiger partial charge in [0.1, 0.15) is 30.5 Å². The molecule has 280 valence electrons. The van der Waals surface area contributed by atoms with E-state index in [-0.39, 0.29) is 19.2 Å². The summed E-state index contributed by atoms with van der Waals surface area (Å²) in [5.41, 5.74) is 0. The average Bonchev–Trinajstić information content (AvgIpc) is 3.08. The number of ether oxygens (including phenoxy) is 4. The predicted molar refractivity (Wildman–Crippen MR) is 192 cm³/mol. The van der Waals surface area contributed by atoms with Crippen LogP contribution in [0.15, 0.2) is 36.5 Å². The third-order valence-electron chi connectivity index (χ3n) is 8.51. The predicted octanol–water partition coefficient (Wildman–Crippen LogP) is 7.24. The van der Waals surface area contributed by atoms with Crippen LogP contribution >= 0.6 is 0 Å². The highest BCUT2D eigenvalue weighted by Crippen LogP contribution is 2.22. The Morgan fingerprint density at radius 3 is 1.90 bits per heavy atom. The molecule has 1 aliphatic heterocycles. The van der Waals surface area contributed by atoms with Crippen LogP contribution in [0.3, 0.4) is 0 Å². The van der Waals surface area contributed by atoms with Crippen LogP contribution < -0.4 is 0 Å². The van der Waals surface area contributed by atoms with Crippen molar-refractivity contribution >= 4 is 5.97 Å². The molecule has 0 bridgehead atoms. The van der Waals surface area contributed by atoms with Crippen molar-refractivity contribution in [2.45, 2.75) is 179 Å². The normalized spacial score (nSPS) is 22.3. The molecule has 0 aromatic heterocycles. The zero-order chi connectivity index (χ0) is 35.1. The lowest BCUT2D eigenvalue weighted by atomic mass is 9.99. The third-order valence-corrected chi connectivity index (χ3v) is 8.51. The Bertz CT molecular complexity index is 828. The number of allylic oxidation sites excluding steroid dienone is 6. The van der Waals surface area contributed by atoms with Crippen LogP contribution in [-0.2, 0) is 23.7 Å². The second kappa shape index (κ2) is 31.4. The van der Waals surface area contributed by atoms with Gasteiger partial charge in [-0.25, -0.2) is 0 Å². The maximum Gasteiger partial charge on any atom is 0.306 e. The molecule has 1 fully saturated rings. The molecule has 6 atom stereocenters. The second-order valence-electron chi connectivity index (χ2n) is 13.0. The SMILES string of the molecule is CCC/C=C\C/C=C\CCCCCCCCOCC(COC1OC(CO)C(O)C(O)C1O)OC(=O)CCCCCCC/C=C\CCCC. The monoisotopic (exact) mass is 683 g/mol. The molecule has 0 saturated carbocycles. The van der Waals surface area contributed by atoms with Gasteiger partial charge in [0.2, 0.25) is 0 Å². The average molecular weight is 683 g/mol. The van der Waals surface area contributed by atoms with E-state index in [0.717, 1.165) is 83.5 Å². The highest BCUT2D eigenvalue weighted by atomic mass is 16.7. The largest absolute Gasteiger partial charge is 0.457 e. The first kappa shape index (κ1) is 44.4. The number of rotatable bonds is 31. The Morgan fingerprint density at radius 2 is 1.25 bits per heavy atom. The molecule has 6 unspecified atom stereocenters. The quantitative estimate of drug-likeness (QED) is 0.0339. The molecule has 0 aliphatic carbocycles. The molecule has 48 heavy (non-hydrogen) atoms. The Hall–Kier alpha value is -1.59. The van der Waals surface area contributed by atoms with Crippen molar-refractivity contribution in [3.8, 4) is 0 Å². The zero-order valence-electron chi connectivity index (χ0n) is 30.2. The Kier molecular flexibility index (Phi) is 29.1. The third kappa shape index (κ3) is 22.9. The number of hydrogen-bond acceptors (Lipinski definition) is 9. The van der Waals surface area contributed by atoms with Crippen LogP contribution in [0, 0.1) is 0 Å². The van der Waals surface area contributed by atoms with Crippen molar-refractivity contribution in [3.05, 3.63) is 36.5 Å². The first-order valence-electron chi connectivity index (χ1n) is 19.1. The van der Waals surface area contributed by atoms with Crippen LogP contribution in [0.1, 0.15) is 142 Å². The summed E-state index contributed by atoms with van der Waals surface area (Å²) < 4.78 is 22.7. The zero-order valence-corrected chi connectivity index (χ0v) is 30.2. The van der Waals surface area contributed by atoms with E-state index in [0.29, 0.717) is 13.0 Å². The highest BCUT2D eigenvalue weighted by Gasteiger charge is 2.44. The fourth-order valence-corrected chi connectivity index (χ4v) is 5.45. The molecule has 1 heterocycles. The maximum absolute atomic E-state index is 12.7. The van der Waals surface area contributed by atoms with E-state index in [2.05, 4.69) is 50.3 Å². The van der Waals surface area contributed by atoms with Gasteiger partial charge in [0.15, 0.2) is 6.29 Å². The summed E-state index contributed by atoms with van der Waals surface area (Å²) in [5.74, 6) is -0.331. The molecule has 0 spiro atoms. The van der Waals surface area contributed by atoms with Crippen molar-refractivity contribution < 1.29 is 44.2 Å². The first-order valence-corrected chi connectivity index (χ1v) is 19.1. The van der Waals surface area contributed by atoms with Gasteiger partial charge in [0.25, 0.3) is 0 Å². The van der Waals surface area contributed by atoms with Gasteiger partial charge >= 0.3 is 5.97 Å². The number of unbranched alkanes of at least 4 members (excludes halogenated alkanes) is 14. The molecular formula is C39H70O9. The standard InChI is InChI=1S/C39H70O9/c1-3-5-7-9-11-13-15-16-17-19-21-23-25-27-29-45-31-33(32-46-39-38(44)37(43)36(42)34(30-40)48-39)47-35(41)28-26-24-22-20-18-14-12-10-8-6-4-2/h7,9-10,12-13,15,33-34,36-40,42-44H,3-6,8,11,14,16-32H2,1-2H3/b9-7-,12-10-,15-13-. The van der Waals surface area contributed by atoms with Crippen LogP contribution in [0.4, 0.5) is 0 Å². The lowest BCUT2D eigenvalue weighted by Crippen LogP contribution is -2.59. The lowest BCUT2D eigenvalue weighted by Gasteiger charge is -2.39. The van der Waals surface area contributed by atoms with E-state index < -0.39 is 43.4 Å². The second-order valence-corrected chi connectivity index (χ2v) is 13.0. The number of carbonyl (C=O) groups is 1. The topological polar surface area (TPSA) is 135 Å². The molecule has 1 saturated heterocycles. The number of aliphatic hydroxyl groups is 4. The van der Waals surface area contributed by atoms with Crippen LogP contribution in [0.2, 0.25) is 0 Å². The Labute approximate surface area is 291 Å². The van der Waals surface area contributed by atoms with Crippen molar-refractivity contribution in [2.24, 2.45) is 0 Å². The molecule has 4 N–H and O–H groups in total. The highest BCUT2D eigenvalue weighted by molar-refractivity contribution is 5.69. The molecule has 0 amide bonds. The maximum atomic E-state index is 12.7. The van der Waals surface area contributed by atoms with Gasteiger partial charge in [-0.1, -0.05) is 115 Å². The van der Waals surface area contributed by atoms with E-state index in [1.54, 1.807) is 0 Å². The summed E-state index contributed by atoms with van der Waals surface area (Å²) in [7, 11) is 0. The van der Waals surface area contributed by atoms with E-state index in [1.807, 2.05) is 0 Å². The summed E-state index contributed by atoms with van der Waals surface area (Å²) in [6.45, 7) is 4.40. The van der Waals surface area contributed by atoms with Crippen molar-refractivity contribution in [1.29, 1.82) is 0 Å². The molecule has 1 rings (SSSR count). The van der Waals surface area contributed by atoms with Gasteiger partial charge in [0.05, 0.1) is 19.8 Å². The fraction of sp³-hybridized carbons (Fsp3) is 0.821. The molecule has 0 radical (unpaired) electrons. The Morgan fingerprint density at radius 1 is 0.667 bits per heavy atom. The molecule has 1 aliphatic rings. The summed E-state index contributed by atoms with van der Waals surface area (Å²) in [4.78, 5) is 12.7. The lowest BCUT2D eigenvalue weighted by molar-refractivity contribution is -0.305. The Balaban J connectivity index is 2.35. The first-order chi connectivity index (χ1) is 23.4. The van der Waals surface area contributed by atoms with Crippen molar-refractivity contribution in [3.63, 3.8) is 0 Å². The summed E-state index contributed by atoms with van der Waals surface area (Å²) in [6.07, 6.45) is 27.4. The van der Waals surface area contributed by atoms with E-state index in [1.165, 1.54) is 38.5 Å². The van der Waals surface area contributed by atoms with Crippen molar-refractivity contribution in [1.82, 2.24) is 0 Å². The smallest absolute Gasteiger partial charge is 0.306 e. The minimum Gasteiger partial charge on any atom is -0.457 e. The van der Waals surface area contributed by atoms with Gasteiger partial charge in [-0.05, 0) is 57.8 Å². The van der Waals surface area contributed by atoms with Gasteiger partial charge < -0.3 is 39.4 Å². The molecule has 9 heteroatoms. The van der Waals surface area contributed by atoms with Crippen LogP contribution in [-0.4, -0.2) is 89.6 Å². The van der Waals surface area contributed by atoms with E-state index in [4.69, 9.17) is 18.9 Å². The van der Waals surface area contributed by atoms with E-state index >= 15 is 0 Å². The van der Waals surface area contributed by atoms with Crippen LogP contribution in [0.25, 0.3) is 0 Å². The van der Waals surface area contributed by atoms with Gasteiger partial charge in [0, 0.05) is 13.0 Å². The van der Waals surface area contributed by atoms with Crippen molar-refractivity contribution in [2.75, 3.05) is 26.4 Å². The van der Waals surface area contributed by atoms with Gasteiger partial charge in [-0.2, -0.15) is 0 Å². The number of hydrogen-bond donors (Lipinski definition) is 4. The molecular weight excluding hydrogens is 612 g/mol. The minimum absolute atomic E-state index is 0.121. The van der Waals surface area contributed by atoms with E-state index in [9.17, 15) is 25.2 Å².